The summed E-state index contributed by atoms with van der Waals surface area (Å²) >= 11 is 0. The average molecular weight is 293 g/mol. The maximum atomic E-state index is 12.2. The zero-order valence-electron chi connectivity index (χ0n) is 13.2. The molecule has 1 saturated carbocycles. The molecule has 2 rings (SSSR count). The van der Waals surface area contributed by atoms with E-state index in [1.165, 1.54) is 0 Å². The van der Waals surface area contributed by atoms with Crippen LogP contribution in [0, 0.1) is 11.3 Å². The summed E-state index contributed by atoms with van der Waals surface area (Å²) in [4.78, 5) is 26.7. The predicted molar refractivity (Wildman–Crippen MR) is 83.0 cm³/mol. The number of rotatable bonds is 5. The summed E-state index contributed by atoms with van der Waals surface area (Å²) in [6.45, 7) is 13.7. The molecule has 1 aliphatic carbocycles. The van der Waals surface area contributed by atoms with Gasteiger partial charge in [-0.05, 0) is 5.41 Å². The molecule has 1 saturated heterocycles. The van der Waals surface area contributed by atoms with Gasteiger partial charge in [0.1, 0.15) is 17.5 Å². The van der Waals surface area contributed by atoms with Crippen LogP contribution in [0.2, 0.25) is 0 Å². The van der Waals surface area contributed by atoms with Gasteiger partial charge in [0, 0.05) is 57.8 Å². The maximum Gasteiger partial charge on any atom is 0.149 e. The van der Waals surface area contributed by atoms with Crippen LogP contribution < -0.4 is 10.6 Å². The maximum absolute atomic E-state index is 12.2. The molecule has 5 heteroatoms. The van der Waals surface area contributed by atoms with E-state index in [1.807, 2.05) is 13.8 Å². The normalized spacial score (nSPS) is 24.1. The molecule has 0 atom stereocenters. The van der Waals surface area contributed by atoms with Crippen LogP contribution >= 0.6 is 0 Å². The van der Waals surface area contributed by atoms with Crippen molar-refractivity contribution < 1.29 is 9.59 Å². The highest BCUT2D eigenvalue weighted by Gasteiger charge is 2.40. The van der Waals surface area contributed by atoms with E-state index >= 15 is 0 Å². The number of hydrogen-bond donors (Lipinski definition) is 2. The molecule has 0 unspecified atom stereocenters. The van der Waals surface area contributed by atoms with Crippen molar-refractivity contribution in [2.45, 2.75) is 26.7 Å². The van der Waals surface area contributed by atoms with Crippen LogP contribution in [0.5, 0.6) is 0 Å². The molecule has 0 aromatic heterocycles. The molecule has 2 aliphatic rings. The fraction of sp³-hybridized carbons (Fsp3) is 0.750. The zero-order valence-corrected chi connectivity index (χ0v) is 13.2. The molecule has 21 heavy (non-hydrogen) atoms. The molecular formula is C16H27N3O2. The van der Waals surface area contributed by atoms with Crippen molar-refractivity contribution in [3.05, 3.63) is 12.3 Å². The molecule has 0 aromatic carbocycles. The Morgan fingerprint density at radius 2 is 1.86 bits per heavy atom. The van der Waals surface area contributed by atoms with E-state index in [-0.39, 0.29) is 17.0 Å². The van der Waals surface area contributed by atoms with Crippen LogP contribution in [0.25, 0.3) is 0 Å². The molecule has 0 radical (unpaired) electrons. The number of carbonyl (C=O) groups is 2. The fourth-order valence-corrected chi connectivity index (χ4v) is 3.19. The summed E-state index contributed by atoms with van der Waals surface area (Å²) in [5.41, 5.74) is 0.377. The third kappa shape index (κ3) is 4.38. The first kappa shape index (κ1) is 16.2. The SMILES string of the molecule is C=C(NCCN1CCNCC1)C1C(=O)CC(C)(C)CC1=O. The second kappa shape index (κ2) is 6.71. The van der Waals surface area contributed by atoms with Crippen molar-refractivity contribution in [3.63, 3.8) is 0 Å². The lowest BCUT2D eigenvalue weighted by Gasteiger charge is -2.33. The van der Waals surface area contributed by atoms with Crippen LogP contribution in [0.15, 0.2) is 12.3 Å². The fourth-order valence-electron chi connectivity index (χ4n) is 3.19. The minimum Gasteiger partial charge on any atom is -0.387 e. The molecule has 5 nitrogen and oxygen atoms in total. The second-order valence-electron chi connectivity index (χ2n) is 6.93. The van der Waals surface area contributed by atoms with Gasteiger partial charge in [0.25, 0.3) is 0 Å². The van der Waals surface area contributed by atoms with Gasteiger partial charge in [-0.15, -0.1) is 0 Å². The summed E-state index contributed by atoms with van der Waals surface area (Å²) in [5.74, 6) is -0.618. The van der Waals surface area contributed by atoms with Crippen molar-refractivity contribution in [3.8, 4) is 0 Å². The first-order chi connectivity index (χ1) is 9.89. The van der Waals surface area contributed by atoms with Gasteiger partial charge in [0.05, 0.1) is 0 Å². The summed E-state index contributed by atoms with van der Waals surface area (Å²) < 4.78 is 0. The minimum atomic E-state index is -0.638. The first-order valence-electron chi connectivity index (χ1n) is 7.80. The van der Waals surface area contributed by atoms with Crippen molar-refractivity contribution in [1.82, 2.24) is 15.5 Å². The molecule has 0 amide bonds. The number of carbonyl (C=O) groups excluding carboxylic acids is 2. The molecule has 2 N–H and O–H groups in total. The number of allylic oxidation sites excluding steroid dienone is 1. The third-order valence-corrected chi connectivity index (χ3v) is 4.29. The Hall–Kier alpha value is -1.20. The van der Waals surface area contributed by atoms with Gasteiger partial charge in [-0.2, -0.15) is 0 Å². The van der Waals surface area contributed by atoms with E-state index < -0.39 is 5.92 Å². The number of piperazine rings is 1. The average Bonchev–Trinajstić information content (AvgIpc) is 2.37. The smallest absolute Gasteiger partial charge is 0.149 e. The quantitative estimate of drug-likeness (QED) is 0.726. The highest BCUT2D eigenvalue weighted by molar-refractivity contribution is 6.07. The van der Waals surface area contributed by atoms with Gasteiger partial charge in [0.15, 0.2) is 0 Å². The highest BCUT2D eigenvalue weighted by atomic mass is 16.2. The molecule has 2 fully saturated rings. The largest absolute Gasteiger partial charge is 0.387 e. The monoisotopic (exact) mass is 293 g/mol. The molecular weight excluding hydrogens is 266 g/mol. The minimum absolute atomic E-state index is 0.0101. The molecule has 1 aliphatic heterocycles. The Bertz CT molecular complexity index is 405. The van der Waals surface area contributed by atoms with Crippen LogP contribution in [-0.4, -0.2) is 55.7 Å². The van der Waals surface area contributed by atoms with Crippen LogP contribution in [-0.2, 0) is 9.59 Å². The Labute approximate surface area is 127 Å². The second-order valence-corrected chi connectivity index (χ2v) is 6.93. The highest BCUT2D eigenvalue weighted by Crippen LogP contribution is 2.35. The standard InChI is InChI=1S/C16H27N3O2/c1-12(18-6-9-19-7-4-17-5-8-19)15-13(20)10-16(2,3)11-14(15)21/h15,17-18H,1,4-11H2,2-3H3. The van der Waals surface area contributed by atoms with E-state index in [4.69, 9.17) is 0 Å². The van der Waals surface area contributed by atoms with Gasteiger partial charge >= 0.3 is 0 Å². The lowest BCUT2D eigenvalue weighted by atomic mass is 9.71. The van der Waals surface area contributed by atoms with Crippen molar-refractivity contribution in [2.75, 3.05) is 39.3 Å². The number of ketones is 2. The number of Topliss-reactive ketones (excluding diaryl/α,β-unsaturated/α-hetero) is 2. The van der Waals surface area contributed by atoms with Crippen molar-refractivity contribution >= 4 is 11.6 Å². The molecule has 0 bridgehead atoms. The topological polar surface area (TPSA) is 61.4 Å². The van der Waals surface area contributed by atoms with Crippen LogP contribution in [0.3, 0.4) is 0 Å². The van der Waals surface area contributed by atoms with Gasteiger partial charge in [-0.3, -0.25) is 14.5 Å². The lowest BCUT2D eigenvalue weighted by Crippen LogP contribution is -2.46. The van der Waals surface area contributed by atoms with E-state index in [2.05, 4.69) is 22.1 Å². The lowest BCUT2D eigenvalue weighted by molar-refractivity contribution is -0.137. The summed E-state index contributed by atoms with van der Waals surface area (Å²) in [5, 5.41) is 6.51. The molecule has 0 spiro atoms. The Kier molecular flexibility index (Phi) is 5.17. The van der Waals surface area contributed by atoms with E-state index in [0.29, 0.717) is 18.5 Å². The summed E-state index contributed by atoms with van der Waals surface area (Å²) in [6.07, 6.45) is 0.920. The van der Waals surface area contributed by atoms with Crippen LogP contribution in [0.4, 0.5) is 0 Å². The molecule has 118 valence electrons. The first-order valence-corrected chi connectivity index (χ1v) is 7.80. The van der Waals surface area contributed by atoms with Crippen LogP contribution in [0.1, 0.15) is 26.7 Å². The summed E-state index contributed by atoms with van der Waals surface area (Å²) in [6, 6.07) is 0. The number of nitrogens with zero attached hydrogens (tertiary/aromatic N) is 1. The summed E-state index contributed by atoms with van der Waals surface area (Å²) in [7, 11) is 0. The van der Waals surface area contributed by atoms with Gasteiger partial charge in [0.2, 0.25) is 0 Å². The predicted octanol–water partition coefficient (Wildman–Crippen LogP) is 0.569. The van der Waals surface area contributed by atoms with E-state index in [9.17, 15) is 9.59 Å². The van der Waals surface area contributed by atoms with Gasteiger partial charge < -0.3 is 10.6 Å². The van der Waals surface area contributed by atoms with E-state index in [1.54, 1.807) is 0 Å². The zero-order chi connectivity index (χ0) is 15.5. The van der Waals surface area contributed by atoms with Gasteiger partial charge in [-0.1, -0.05) is 20.4 Å². The molecule has 0 aromatic rings. The van der Waals surface area contributed by atoms with Crippen molar-refractivity contribution in [1.29, 1.82) is 0 Å². The Morgan fingerprint density at radius 3 is 2.43 bits per heavy atom. The Morgan fingerprint density at radius 1 is 1.29 bits per heavy atom. The third-order valence-electron chi connectivity index (χ3n) is 4.29. The molecule has 1 heterocycles. The van der Waals surface area contributed by atoms with Crippen molar-refractivity contribution in [2.24, 2.45) is 11.3 Å². The van der Waals surface area contributed by atoms with E-state index in [0.717, 1.165) is 39.3 Å². The number of nitrogens with one attached hydrogen (secondary N) is 2. The Balaban J connectivity index is 1.80. The number of hydrogen-bond acceptors (Lipinski definition) is 5. The van der Waals surface area contributed by atoms with Gasteiger partial charge in [-0.25, -0.2) is 0 Å².